The third-order valence-corrected chi connectivity index (χ3v) is 1.35. The summed E-state index contributed by atoms with van der Waals surface area (Å²) in [4.78, 5) is 0. The predicted molar refractivity (Wildman–Crippen MR) is 36.2 cm³/mol. The monoisotopic (exact) mass is 169 g/mol. The highest BCUT2D eigenvalue weighted by molar-refractivity contribution is 7.77. The van der Waals surface area contributed by atoms with Gasteiger partial charge < -0.3 is 10.2 Å². The van der Waals surface area contributed by atoms with Crippen molar-refractivity contribution in [1.82, 2.24) is 4.72 Å². The largest absolute Gasteiger partial charge is 0.396 e. The van der Waals surface area contributed by atoms with E-state index in [1.54, 1.807) is 0 Å². The lowest BCUT2D eigenvalue weighted by molar-refractivity contribution is 0.139. The molecule has 0 amide bonds. The zero-order valence-corrected chi connectivity index (χ0v) is 6.17. The topological polar surface area (TPSA) is 89.8 Å². The Morgan fingerprint density at radius 2 is 2.20 bits per heavy atom. The molecular weight excluding hydrogens is 158 g/mol. The molecule has 0 spiro atoms. The highest BCUT2D eigenvalue weighted by Gasteiger charge is 2.03. The minimum absolute atomic E-state index is 0.0309. The van der Waals surface area contributed by atoms with Gasteiger partial charge in [0.15, 0.2) is 0 Å². The first-order valence-electron chi connectivity index (χ1n) is 2.82. The second kappa shape index (κ2) is 5.75. The van der Waals surface area contributed by atoms with E-state index in [0.29, 0.717) is 6.42 Å². The van der Waals surface area contributed by atoms with E-state index in [2.05, 4.69) is 0 Å². The summed E-state index contributed by atoms with van der Waals surface area (Å²) in [6, 6.07) is 0. The Kier molecular flexibility index (Phi) is 5.74. The molecular formula is C4H11NO4S. The predicted octanol–water partition coefficient (Wildman–Crippen LogP) is -1.20. The highest BCUT2D eigenvalue weighted by Crippen LogP contribution is 1.91. The Hall–Kier alpha value is -0.0100. The standard InChI is InChI=1S/C4H11NO4S/c6-3-1-2-4(7)5-10(8)9/h4-7H,1-3H2,(H,8,9). The van der Waals surface area contributed by atoms with Gasteiger partial charge >= 0.3 is 0 Å². The van der Waals surface area contributed by atoms with E-state index in [0.717, 1.165) is 0 Å². The Bertz CT molecular complexity index is 109. The molecule has 0 aliphatic heterocycles. The van der Waals surface area contributed by atoms with Crippen LogP contribution in [0.4, 0.5) is 0 Å². The molecule has 0 heterocycles. The Morgan fingerprint density at radius 1 is 1.60 bits per heavy atom. The van der Waals surface area contributed by atoms with Gasteiger partial charge in [0, 0.05) is 6.61 Å². The molecule has 0 aromatic rings. The molecule has 62 valence electrons. The Balaban J connectivity index is 3.25. The Labute approximate surface area is 61.5 Å². The molecule has 0 aliphatic carbocycles. The lowest BCUT2D eigenvalue weighted by Gasteiger charge is -2.06. The number of rotatable bonds is 5. The molecule has 0 fully saturated rings. The summed E-state index contributed by atoms with van der Waals surface area (Å²) in [5.74, 6) is 0. The fourth-order valence-electron chi connectivity index (χ4n) is 0.460. The van der Waals surface area contributed by atoms with Crippen molar-refractivity contribution in [1.29, 1.82) is 0 Å². The number of hydrogen-bond donors (Lipinski definition) is 4. The van der Waals surface area contributed by atoms with Crippen LogP contribution in [0.2, 0.25) is 0 Å². The highest BCUT2D eigenvalue weighted by atomic mass is 32.2. The van der Waals surface area contributed by atoms with Crippen LogP contribution in [0.15, 0.2) is 0 Å². The smallest absolute Gasteiger partial charge is 0.233 e. The summed E-state index contributed by atoms with van der Waals surface area (Å²) in [5.41, 5.74) is 0. The second-order valence-corrected chi connectivity index (χ2v) is 2.48. The molecule has 0 aromatic heterocycles. The maximum Gasteiger partial charge on any atom is 0.233 e. The van der Waals surface area contributed by atoms with Gasteiger partial charge in [-0.2, -0.15) is 4.72 Å². The fourth-order valence-corrected chi connectivity index (χ4v) is 0.811. The molecule has 0 aromatic carbocycles. The van der Waals surface area contributed by atoms with Gasteiger partial charge in [-0.15, -0.1) is 0 Å². The van der Waals surface area contributed by atoms with Crippen molar-refractivity contribution in [2.24, 2.45) is 0 Å². The maximum atomic E-state index is 9.95. The van der Waals surface area contributed by atoms with Gasteiger partial charge in [0.05, 0.1) is 0 Å². The molecule has 0 aliphatic rings. The van der Waals surface area contributed by atoms with Crippen LogP contribution in [0.25, 0.3) is 0 Å². The third-order valence-electron chi connectivity index (χ3n) is 0.873. The van der Waals surface area contributed by atoms with Crippen LogP contribution in [-0.2, 0) is 11.3 Å². The van der Waals surface area contributed by atoms with Gasteiger partial charge in [-0.25, -0.2) is 4.21 Å². The summed E-state index contributed by atoms with van der Waals surface area (Å²) >= 11 is -2.18. The molecule has 2 atom stereocenters. The second-order valence-electron chi connectivity index (χ2n) is 1.75. The zero-order chi connectivity index (χ0) is 7.98. The SMILES string of the molecule is O=S(O)NC(O)CCCO. The van der Waals surface area contributed by atoms with Crippen LogP contribution in [0.3, 0.4) is 0 Å². The third kappa shape index (κ3) is 6.12. The van der Waals surface area contributed by atoms with Crippen molar-refractivity contribution in [3.8, 4) is 0 Å². The number of hydrogen-bond acceptors (Lipinski definition) is 3. The maximum absolute atomic E-state index is 9.95. The summed E-state index contributed by atoms with van der Waals surface area (Å²) in [7, 11) is 0. The van der Waals surface area contributed by atoms with Crippen molar-refractivity contribution < 1.29 is 19.0 Å². The number of aliphatic hydroxyl groups is 2. The average molecular weight is 169 g/mol. The quantitative estimate of drug-likeness (QED) is 0.307. The van der Waals surface area contributed by atoms with Crippen molar-refractivity contribution in [2.45, 2.75) is 19.1 Å². The number of aliphatic hydroxyl groups excluding tert-OH is 2. The fraction of sp³-hybridized carbons (Fsp3) is 1.00. The average Bonchev–Trinajstić information content (AvgIpc) is 1.82. The summed E-state index contributed by atoms with van der Waals surface area (Å²) in [5, 5.41) is 17.0. The van der Waals surface area contributed by atoms with E-state index in [-0.39, 0.29) is 13.0 Å². The van der Waals surface area contributed by atoms with Crippen LogP contribution < -0.4 is 4.72 Å². The lowest BCUT2D eigenvalue weighted by Crippen LogP contribution is -2.30. The molecule has 4 N–H and O–H groups in total. The minimum Gasteiger partial charge on any atom is -0.396 e. The normalized spacial score (nSPS) is 16.7. The van der Waals surface area contributed by atoms with Crippen molar-refractivity contribution in [2.75, 3.05) is 6.61 Å². The van der Waals surface area contributed by atoms with Crippen LogP contribution in [0.5, 0.6) is 0 Å². The van der Waals surface area contributed by atoms with Crippen LogP contribution in [-0.4, -0.2) is 31.8 Å². The van der Waals surface area contributed by atoms with Gasteiger partial charge in [0.1, 0.15) is 6.23 Å². The lowest BCUT2D eigenvalue weighted by atomic mass is 10.3. The molecule has 0 rings (SSSR count). The van der Waals surface area contributed by atoms with E-state index < -0.39 is 17.5 Å². The first kappa shape index (κ1) is 9.99. The number of nitrogens with one attached hydrogen (secondary N) is 1. The molecule has 10 heavy (non-hydrogen) atoms. The first-order valence-corrected chi connectivity index (χ1v) is 3.93. The van der Waals surface area contributed by atoms with E-state index >= 15 is 0 Å². The molecule has 2 unspecified atom stereocenters. The Morgan fingerprint density at radius 3 is 2.60 bits per heavy atom. The molecule has 0 saturated carbocycles. The molecule has 5 nitrogen and oxygen atoms in total. The zero-order valence-electron chi connectivity index (χ0n) is 5.36. The van der Waals surface area contributed by atoms with Crippen molar-refractivity contribution in [3.05, 3.63) is 0 Å². The van der Waals surface area contributed by atoms with Crippen molar-refractivity contribution in [3.63, 3.8) is 0 Å². The van der Waals surface area contributed by atoms with Gasteiger partial charge in [-0.1, -0.05) is 0 Å². The molecule has 0 bridgehead atoms. The van der Waals surface area contributed by atoms with Crippen LogP contribution in [0, 0.1) is 0 Å². The van der Waals surface area contributed by atoms with Gasteiger partial charge in [0.2, 0.25) is 11.3 Å². The van der Waals surface area contributed by atoms with Gasteiger partial charge in [-0.3, -0.25) is 4.55 Å². The first-order chi connectivity index (χ1) is 4.66. The summed E-state index contributed by atoms with van der Waals surface area (Å²) in [6.45, 7) is -0.0309. The summed E-state index contributed by atoms with van der Waals surface area (Å²) in [6.07, 6.45) is -0.341. The molecule has 0 radical (unpaired) electrons. The van der Waals surface area contributed by atoms with Crippen LogP contribution >= 0.6 is 0 Å². The van der Waals surface area contributed by atoms with E-state index in [1.165, 1.54) is 0 Å². The summed E-state index contributed by atoms with van der Waals surface area (Å²) < 4.78 is 20.1. The van der Waals surface area contributed by atoms with E-state index in [9.17, 15) is 4.21 Å². The van der Waals surface area contributed by atoms with Crippen LogP contribution in [0.1, 0.15) is 12.8 Å². The van der Waals surface area contributed by atoms with Gasteiger partial charge in [0.25, 0.3) is 0 Å². The minimum atomic E-state index is -2.18. The van der Waals surface area contributed by atoms with E-state index in [4.69, 9.17) is 14.8 Å². The van der Waals surface area contributed by atoms with E-state index in [1.807, 2.05) is 4.72 Å². The van der Waals surface area contributed by atoms with Crippen molar-refractivity contribution >= 4 is 11.3 Å². The molecule has 6 heteroatoms. The van der Waals surface area contributed by atoms with Gasteiger partial charge in [-0.05, 0) is 12.8 Å². The molecule has 0 saturated heterocycles.